The summed E-state index contributed by atoms with van der Waals surface area (Å²) in [6.07, 6.45) is 0. The number of nitrogens with two attached hydrogens (primary N) is 1. The molecular weight excluding hydrogens is 178 g/mol. The van der Waals surface area contributed by atoms with Gasteiger partial charge in [-0.2, -0.15) is 0 Å². The summed E-state index contributed by atoms with van der Waals surface area (Å²) < 4.78 is 0. The van der Waals surface area contributed by atoms with Crippen LogP contribution in [-0.4, -0.2) is 44.0 Å². The lowest BCUT2D eigenvalue weighted by molar-refractivity contribution is -0.129. The highest BCUT2D eigenvalue weighted by molar-refractivity contribution is 5.82. The Hall–Kier alpha value is -0.610. The Morgan fingerprint density at radius 2 is 2.00 bits per heavy atom. The maximum absolute atomic E-state index is 11.6. The van der Waals surface area contributed by atoms with Gasteiger partial charge >= 0.3 is 0 Å². The number of carbonyl (C=O) groups excluding carboxylic acids is 1. The topological polar surface area (TPSA) is 58.4 Å². The van der Waals surface area contributed by atoms with E-state index in [9.17, 15) is 4.79 Å². The Balaban J connectivity index is 3.97. The van der Waals surface area contributed by atoms with Gasteiger partial charge in [0.1, 0.15) is 0 Å². The molecule has 0 fully saturated rings. The molecule has 4 nitrogen and oxygen atoms in total. The Morgan fingerprint density at radius 1 is 1.50 bits per heavy atom. The predicted molar refractivity (Wildman–Crippen MR) is 59.0 cm³/mol. The quantitative estimate of drug-likeness (QED) is 0.660. The summed E-state index contributed by atoms with van der Waals surface area (Å²) in [5.74, 6) is 0.0219. The Labute approximate surface area is 86.8 Å². The van der Waals surface area contributed by atoms with Gasteiger partial charge in [0.2, 0.25) is 5.91 Å². The van der Waals surface area contributed by atoms with Crippen LogP contribution < -0.4 is 11.1 Å². The van der Waals surface area contributed by atoms with Crippen LogP contribution in [0.25, 0.3) is 0 Å². The third-order valence-corrected chi connectivity index (χ3v) is 2.56. The van der Waals surface area contributed by atoms with Gasteiger partial charge in [0.25, 0.3) is 0 Å². The number of carbonyl (C=O) groups is 1. The third kappa shape index (κ3) is 4.07. The van der Waals surface area contributed by atoms with Crippen LogP contribution >= 0.6 is 0 Å². The van der Waals surface area contributed by atoms with Crippen LogP contribution in [0.2, 0.25) is 0 Å². The van der Waals surface area contributed by atoms with E-state index in [1.807, 2.05) is 27.9 Å². The summed E-state index contributed by atoms with van der Waals surface area (Å²) in [5, 5.41) is 2.89. The van der Waals surface area contributed by atoms with E-state index >= 15 is 0 Å². The SMILES string of the molecule is CC(CNC(=O)C(C)(C)CN)N(C)C. The molecule has 0 aromatic carbocycles. The van der Waals surface area contributed by atoms with Gasteiger partial charge in [-0.1, -0.05) is 0 Å². The number of hydrogen-bond donors (Lipinski definition) is 2. The average molecular weight is 201 g/mol. The molecule has 0 heterocycles. The monoisotopic (exact) mass is 201 g/mol. The highest BCUT2D eigenvalue weighted by Gasteiger charge is 2.25. The first-order valence-corrected chi connectivity index (χ1v) is 4.96. The fourth-order valence-corrected chi connectivity index (χ4v) is 0.755. The first-order chi connectivity index (χ1) is 6.31. The minimum Gasteiger partial charge on any atom is -0.354 e. The predicted octanol–water partition coefficient (Wildman–Crippen LogP) is 0.0376. The average Bonchev–Trinajstić information content (AvgIpc) is 2.13. The van der Waals surface area contributed by atoms with Gasteiger partial charge < -0.3 is 16.0 Å². The maximum atomic E-state index is 11.6. The van der Waals surface area contributed by atoms with Gasteiger partial charge in [0, 0.05) is 19.1 Å². The lowest BCUT2D eigenvalue weighted by Crippen LogP contribution is -2.46. The van der Waals surface area contributed by atoms with E-state index in [0.29, 0.717) is 19.1 Å². The lowest BCUT2D eigenvalue weighted by Gasteiger charge is -2.25. The molecule has 0 radical (unpaired) electrons. The van der Waals surface area contributed by atoms with Crippen LogP contribution in [0.3, 0.4) is 0 Å². The molecule has 3 N–H and O–H groups in total. The number of amides is 1. The fraction of sp³-hybridized carbons (Fsp3) is 0.900. The van der Waals surface area contributed by atoms with Gasteiger partial charge in [-0.05, 0) is 34.9 Å². The fourth-order valence-electron chi connectivity index (χ4n) is 0.755. The van der Waals surface area contributed by atoms with Gasteiger partial charge in [-0.3, -0.25) is 4.79 Å². The Morgan fingerprint density at radius 3 is 2.36 bits per heavy atom. The van der Waals surface area contributed by atoms with Crippen molar-refractivity contribution >= 4 is 5.91 Å². The lowest BCUT2D eigenvalue weighted by atomic mass is 9.92. The maximum Gasteiger partial charge on any atom is 0.226 e. The zero-order chi connectivity index (χ0) is 11.4. The van der Waals surface area contributed by atoms with Crippen molar-refractivity contribution in [2.75, 3.05) is 27.2 Å². The molecule has 0 aliphatic rings. The Kier molecular flexibility index (Phi) is 5.08. The van der Waals surface area contributed by atoms with Crippen LogP contribution in [0.4, 0.5) is 0 Å². The number of hydrogen-bond acceptors (Lipinski definition) is 3. The molecule has 1 amide bonds. The van der Waals surface area contributed by atoms with Crippen molar-refractivity contribution < 1.29 is 4.79 Å². The number of rotatable bonds is 5. The number of nitrogens with one attached hydrogen (secondary N) is 1. The second-order valence-electron chi connectivity index (χ2n) is 4.61. The van der Waals surface area contributed by atoms with E-state index in [-0.39, 0.29) is 5.91 Å². The highest BCUT2D eigenvalue weighted by Crippen LogP contribution is 2.11. The van der Waals surface area contributed by atoms with Gasteiger partial charge in [0.15, 0.2) is 0 Å². The molecule has 0 spiro atoms. The van der Waals surface area contributed by atoms with E-state index in [1.165, 1.54) is 0 Å². The smallest absolute Gasteiger partial charge is 0.226 e. The molecule has 1 unspecified atom stereocenters. The van der Waals surface area contributed by atoms with Crippen LogP contribution in [0.1, 0.15) is 20.8 Å². The van der Waals surface area contributed by atoms with Gasteiger partial charge in [-0.15, -0.1) is 0 Å². The minimum absolute atomic E-state index is 0.0219. The first-order valence-electron chi connectivity index (χ1n) is 4.96. The number of likely N-dealkylation sites (N-methyl/N-ethyl adjacent to an activating group) is 1. The highest BCUT2D eigenvalue weighted by atomic mass is 16.2. The molecular formula is C10H23N3O. The zero-order valence-corrected chi connectivity index (χ0v) is 9.92. The molecule has 0 aromatic heterocycles. The van der Waals surface area contributed by atoms with Crippen LogP contribution in [0.15, 0.2) is 0 Å². The van der Waals surface area contributed by atoms with Crippen molar-refractivity contribution in [2.45, 2.75) is 26.8 Å². The second kappa shape index (κ2) is 5.32. The van der Waals surface area contributed by atoms with Crippen molar-refractivity contribution in [3.8, 4) is 0 Å². The largest absolute Gasteiger partial charge is 0.354 e. The normalized spacial score (nSPS) is 14.2. The molecule has 1 atom stereocenters. The summed E-state index contributed by atoms with van der Waals surface area (Å²) in [6.45, 7) is 6.80. The molecule has 0 rings (SSSR count). The molecule has 0 aromatic rings. The summed E-state index contributed by atoms with van der Waals surface area (Å²) >= 11 is 0. The van der Waals surface area contributed by atoms with Crippen molar-refractivity contribution in [1.82, 2.24) is 10.2 Å². The van der Waals surface area contributed by atoms with Crippen molar-refractivity contribution in [1.29, 1.82) is 0 Å². The van der Waals surface area contributed by atoms with E-state index in [4.69, 9.17) is 5.73 Å². The van der Waals surface area contributed by atoms with Crippen LogP contribution in [0.5, 0.6) is 0 Å². The van der Waals surface area contributed by atoms with E-state index in [2.05, 4.69) is 17.1 Å². The Bertz CT molecular complexity index is 190. The molecule has 84 valence electrons. The summed E-state index contributed by atoms with van der Waals surface area (Å²) in [6, 6.07) is 0.340. The molecule has 0 aliphatic carbocycles. The van der Waals surface area contributed by atoms with E-state index in [0.717, 1.165) is 0 Å². The third-order valence-electron chi connectivity index (χ3n) is 2.56. The van der Waals surface area contributed by atoms with Crippen molar-refractivity contribution in [3.05, 3.63) is 0 Å². The summed E-state index contributed by atoms with van der Waals surface area (Å²) in [5.41, 5.74) is 5.04. The van der Waals surface area contributed by atoms with E-state index < -0.39 is 5.41 Å². The van der Waals surface area contributed by atoms with Crippen molar-refractivity contribution in [3.63, 3.8) is 0 Å². The zero-order valence-electron chi connectivity index (χ0n) is 9.92. The van der Waals surface area contributed by atoms with Crippen LogP contribution in [0, 0.1) is 5.41 Å². The number of nitrogens with zero attached hydrogens (tertiary/aromatic N) is 1. The second-order valence-corrected chi connectivity index (χ2v) is 4.61. The van der Waals surface area contributed by atoms with Gasteiger partial charge in [-0.25, -0.2) is 0 Å². The molecule has 0 saturated heterocycles. The first kappa shape index (κ1) is 13.4. The standard InChI is InChI=1S/C10H23N3O/c1-8(13(4)5)6-12-9(14)10(2,3)7-11/h8H,6-7,11H2,1-5H3,(H,12,14). The summed E-state index contributed by atoms with van der Waals surface area (Å²) in [7, 11) is 3.98. The molecule has 14 heavy (non-hydrogen) atoms. The molecule has 0 saturated carbocycles. The van der Waals surface area contributed by atoms with Crippen LogP contribution in [-0.2, 0) is 4.79 Å². The van der Waals surface area contributed by atoms with E-state index in [1.54, 1.807) is 0 Å². The van der Waals surface area contributed by atoms with Crippen molar-refractivity contribution in [2.24, 2.45) is 11.1 Å². The minimum atomic E-state index is -0.466. The summed E-state index contributed by atoms with van der Waals surface area (Å²) in [4.78, 5) is 13.7. The van der Waals surface area contributed by atoms with Gasteiger partial charge in [0.05, 0.1) is 5.41 Å². The molecule has 4 heteroatoms. The molecule has 0 aliphatic heterocycles. The molecule has 0 bridgehead atoms.